The molecule has 0 fully saturated rings. The second-order valence-electron chi connectivity index (χ2n) is 4.05. The first kappa shape index (κ1) is 18.5. The Morgan fingerprint density at radius 1 is 0.913 bits per heavy atom. The van der Waals surface area contributed by atoms with Crippen molar-refractivity contribution >= 4 is 11.9 Å². The minimum absolute atomic E-state index is 0.169. The SMILES string of the molecule is O=C(O)c1ccc(OC(O)(F)C(F)(F)C(F)(F)F)cc1C(=O)O. The number of rotatable bonds is 5. The van der Waals surface area contributed by atoms with Gasteiger partial charge >= 0.3 is 30.1 Å². The van der Waals surface area contributed by atoms with Crippen molar-refractivity contribution in [3.05, 3.63) is 29.3 Å². The van der Waals surface area contributed by atoms with Gasteiger partial charge in [-0.05, 0) is 18.2 Å². The molecule has 0 saturated heterocycles. The largest absolute Gasteiger partial charge is 0.478 e. The van der Waals surface area contributed by atoms with Crippen LogP contribution in [0.3, 0.4) is 0 Å². The van der Waals surface area contributed by atoms with Gasteiger partial charge in [0.25, 0.3) is 0 Å². The molecule has 0 aliphatic carbocycles. The molecule has 1 aromatic carbocycles. The highest BCUT2D eigenvalue weighted by Gasteiger charge is 2.74. The van der Waals surface area contributed by atoms with E-state index in [9.17, 15) is 35.9 Å². The van der Waals surface area contributed by atoms with Crippen molar-refractivity contribution in [2.75, 3.05) is 0 Å². The Kier molecular flexibility index (Phi) is 4.52. The molecule has 0 aliphatic heterocycles. The lowest BCUT2D eigenvalue weighted by Crippen LogP contribution is -2.57. The second kappa shape index (κ2) is 5.61. The van der Waals surface area contributed by atoms with Crippen molar-refractivity contribution in [3.63, 3.8) is 0 Å². The van der Waals surface area contributed by atoms with Gasteiger partial charge in [-0.25, -0.2) is 9.59 Å². The van der Waals surface area contributed by atoms with Gasteiger partial charge in [0.1, 0.15) is 5.75 Å². The van der Waals surface area contributed by atoms with Crippen molar-refractivity contribution in [1.82, 2.24) is 0 Å². The van der Waals surface area contributed by atoms with E-state index in [1.165, 1.54) is 0 Å². The van der Waals surface area contributed by atoms with Crippen LogP contribution < -0.4 is 4.74 Å². The highest BCUT2D eigenvalue weighted by Crippen LogP contribution is 2.45. The minimum Gasteiger partial charge on any atom is -0.478 e. The van der Waals surface area contributed by atoms with Crippen molar-refractivity contribution in [3.8, 4) is 5.75 Å². The summed E-state index contributed by atoms with van der Waals surface area (Å²) in [5.41, 5.74) is -1.95. The topological polar surface area (TPSA) is 104 Å². The average molecular weight is 348 g/mol. The fourth-order valence-electron chi connectivity index (χ4n) is 1.35. The van der Waals surface area contributed by atoms with E-state index in [2.05, 4.69) is 4.74 Å². The summed E-state index contributed by atoms with van der Waals surface area (Å²) in [6, 6.07) is -4.52. The van der Waals surface area contributed by atoms with Crippen LogP contribution in [0.1, 0.15) is 20.7 Å². The molecule has 0 heterocycles. The third-order valence-electron chi connectivity index (χ3n) is 2.45. The van der Waals surface area contributed by atoms with E-state index in [1.54, 1.807) is 0 Å². The molecule has 23 heavy (non-hydrogen) atoms. The molecule has 0 bridgehead atoms. The molecular formula is C11H6F6O6. The van der Waals surface area contributed by atoms with Crippen LogP contribution in [0.15, 0.2) is 18.2 Å². The Morgan fingerprint density at radius 2 is 1.39 bits per heavy atom. The van der Waals surface area contributed by atoms with E-state index in [4.69, 9.17) is 15.3 Å². The Morgan fingerprint density at radius 3 is 1.78 bits per heavy atom. The zero-order valence-corrected chi connectivity index (χ0v) is 10.6. The van der Waals surface area contributed by atoms with Crippen LogP contribution in [0.25, 0.3) is 0 Å². The summed E-state index contributed by atoms with van der Waals surface area (Å²) in [6.07, 6.45) is -6.51. The summed E-state index contributed by atoms with van der Waals surface area (Å²) in [5, 5.41) is 26.0. The van der Waals surface area contributed by atoms with Gasteiger partial charge in [0.2, 0.25) is 0 Å². The summed E-state index contributed by atoms with van der Waals surface area (Å²) in [7, 11) is 0. The van der Waals surface area contributed by atoms with Crippen molar-refractivity contribution in [2.24, 2.45) is 0 Å². The lowest BCUT2D eigenvalue weighted by Gasteiger charge is -2.29. The molecule has 0 spiro atoms. The first-order valence-corrected chi connectivity index (χ1v) is 5.36. The summed E-state index contributed by atoms with van der Waals surface area (Å²) >= 11 is 0. The monoisotopic (exact) mass is 348 g/mol. The molecule has 6 nitrogen and oxygen atoms in total. The summed E-state index contributed by atoms with van der Waals surface area (Å²) in [4.78, 5) is 21.5. The number of aliphatic hydroxyl groups is 1. The maximum Gasteiger partial charge on any atom is 0.463 e. The summed E-state index contributed by atoms with van der Waals surface area (Å²) in [6.45, 7) is 0. The number of hydrogen-bond donors (Lipinski definition) is 3. The van der Waals surface area contributed by atoms with Crippen LogP contribution in [0, 0.1) is 0 Å². The number of hydrogen-bond acceptors (Lipinski definition) is 4. The fraction of sp³-hybridized carbons (Fsp3) is 0.273. The number of carboxylic acid groups (broad SMARTS) is 2. The van der Waals surface area contributed by atoms with Crippen LogP contribution in [-0.2, 0) is 0 Å². The fourth-order valence-corrected chi connectivity index (χ4v) is 1.35. The number of carboxylic acids is 2. The normalized spacial score (nSPS) is 14.9. The molecule has 0 aromatic heterocycles. The molecule has 3 N–H and O–H groups in total. The lowest BCUT2D eigenvalue weighted by molar-refractivity contribution is -0.427. The van der Waals surface area contributed by atoms with E-state index < -0.39 is 47.0 Å². The van der Waals surface area contributed by atoms with E-state index in [1.807, 2.05) is 0 Å². The molecule has 0 amide bonds. The van der Waals surface area contributed by atoms with Gasteiger partial charge in [-0.3, -0.25) is 0 Å². The Balaban J connectivity index is 3.27. The molecule has 0 aliphatic rings. The maximum absolute atomic E-state index is 13.2. The van der Waals surface area contributed by atoms with Crippen LogP contribution in [0.4, 0.5) is 26.3 Å². The quantitative estimate of drug-likeness (QED) is 0.557. The van der Waals surface area contributed by atoms with Gasteiger partial charge in [0.15, 0.2) is 0 Å². The zero-order valence-electron chi connectivity index (χ0n) is 10.6. The first-order valence-electron chi connectivity index (χ1n) is 5.36. The van der Waals surface area contributed by atoms with Crippen LogP contribution >= 0.6 is 0 Å². The Bertz CT molecular complexity index is 638. The van der Waals surface area contributed by atoms with Crippen LogP contribution in [0.5, 0.6) is 5.75 Å². The zero-order chi connectivity index (χ0) is 18.2. The van der Waals surface area contributed by atoms with Gasteiger partial charge in [0.05, 0.1) is 11.1 Å². The number of benzene rings is 1. The van der Waals surface area contributed by atoms with Crippen LogP contribution in [0.2, 0.25) is 0 Å². The smallest absolute Gasteiger partial charge is 0.463 e. The van der Waals surface area contributed by atoms with E-state index in [0.29, 0.717) is 12.1 Å². The van der Waals surface area contributed by atoms with Gasteiger partial charge in [-0.2, -0.15) is 26.3 Å². The molecule has 0 radical (unpaired) electrons. The number of halogens is 6. The van der Waals surface area contributed by atoms with Gasteiger partial charge < -0.3 is 20.1 Å². The number of carbonyl (C=O) groups is 2. The molecule has 1 aromatic rings. The predicted octanol–water partition coefficient (Wildman–Crippen LogP) is 2.27. The van der Waals surface area contributed by atoms with E-state index in [0.717, 1.165) is 0 Å². The van der Waals surface area contributed by atoms with Gasteiger partial charge in [0, 0.05) is 0 Å². The standard InChI is InChI=1S/C11H6F6O6/c12-9(13,10(14,15)16)11(17,22)23-4-1-2-5(7(18)19)6(3-4)8(20)21/h1-3,22H,(H,18,19)(H,20,21). The molecule has 1 atom stereocenters. The molecule has 0 saturated carbocycles. The van der Waals surface area contributed by atoms with Crippen molar-refractivity contribution in [1.29, 1.82) is 0 Å². The highest BCUT2D eigenvalue weighted by atomic mass is 19.4. The molecule has 128 valence electrons. The number of aromatic carboxylic acids is 2. The first-order chi connectivity index (χ1) is 10.2. The van der Waals surface area contributed by atoms with E-state index in [-0.39, 0.29) is 6.07 Å². The Labute approximate surface area is 122 Å². The maximum atomic E-state index is 13.2. The molecule has 1 unspecified atom stereocenters. The summed E-state index contributed by atoms with van der Waals surface area (Å²) < 4.78 is 78.3. The number of ether oxygens (including phenoxy) is 1. The minimum atomic E-state index is -6.51. The number of alkyl halides is 6. The second-order valence-corrected chi connectivity index (χ2v) is 4.05. The van der Waals surface area contributed by atoms with Crippen molar-refractivity contribution in [2.45, 2.75) is 18.1 Å². The molecule has 12 heteroatoms. The lowest BCUT2D eigenvalue weighted by atomic mass is 10.1. The average Bonchev–Trinajstić information content (AvgIpc) is 2.36. The van der Waals surface area contributed by atoms with Gasteiger partial charge in [-0.15, -0.1) is 0 Å². The van der Waals surface area contributed by atoms with Crippen LogP contribution in [-0.4, -0.2) is 45.4 Å². The van der Waals surface area contributed by atoms with Gasteiger partial charge in [-0.1, -0.05) is 0 Å². The third-order valence-corrected chi connectivity index (χ3v) is 2.45. The predicted molar refractivity (Wildman–Crippen MR) is 58.0 cm³/mol. The van der Waals surface area contributed by atoms with Crippen molar-refractivity contribution < 1.29 is 56.0 Å². The van der Waals surface area contributed by atoms with E-state index >= 15 is 0 Å². The Hall–Kier alpha value is -2.50. The summed E-state index contributed by atoms with van der Waals surface area (Å²) in [5.74, 6) is -11.3. The molecule has 1 rings (SSSR count). The highest BCUT2D eigenvalue weighted by molar-refractivity contribution is 6.01. The third kappa shape index (κ3) is 3.47. The molecular weight excluding hydrogens is 342 g/mol.